The molecule has 15 heavy (non-hydrogen) atoms. The summed E-state index contributed by atoms with van der Waals surface area (Å²) in [5, 5.41) is 3.62. The Labute approximate surface area is 100 Å². The second-order valence-electron chi connectivity index (χ2n) is 3.68. The molecule has 0 unspecified atom stereocenters. The molecule has 1 nitrogen and oxygen atoms in total. The Balaban J connectivity index is 0.00000112. The highest BCUT2D eigenvalue weighted by Crippen LogP contribution is 2.26. The molecular formula is C11H14Cl2FN. The van der Waals surface area contributed by atoms with Crippen LogP contribution >= 0.6 is 24.0 Å². The number of nitrogens with one attached hydrogen (secondary N) is 1. The topological polar surface area (TPSA) is 12.0 Å². The van der Waals surface area contributed by atoms with Crippen LogP contribution in [0.25, 0.3) is 0 Å². The van der Waals surface area contributed by atoms with Crippen molar-refractivity contribution in [2.75, 3.05) is 6.54 Å². The number of benzene rings is 1. The summed E-state index contributed by atoms with van der Waals surface area (Å²) in [5.41, 5.74) is 1.09. The van der Waals surface area contributed by atoms with Crippen molar-refractivity contribution in [3.8, 4) is 0 Å². The summed E-state index contributed by atoms with van der Waals surface area (Å²) in [6, 6.07) is 5.32. The van der Waals surface area contributed by atoms with Crippen LogP contribution in [0.4, 0.5) is 4.39 Å². The lowest BCUT2D eigenvalue weighted by atomic mass is 9.98. The first-order valence-corrected chi connectivity index (χ1v) is 5.33. The Morgan fingerprint density at radius 2 is 2.13 bits per heavy atom. The minimum absolute atomic E-state index is 0. The molecule has 1 atom stereocenters. The van der Waals surface area contributed by atoms with Gasteiger partial charge in [-0.15, -0.1) is 12.4 Å². The van der Waals surface area contributed by atoms with E-state index in [9.17, 15) is 4.39 Å². The van der Waals surface area contributed by atoms with Crippen LogP contribution < -0.4 is 5.32 Å². The molecule has 84 valence electrons. The van der Waals surface area contributed by atoms with Crippen LogP contribution in [0.5, 0.6) is 0 Å². The van der Waals surface area contributed by atoms with Crippen LogP contribution in [-0.4, -0.2) is 6.54 Å². The fourth-order valence-corrected chi connectivity index (χ4v) is 2.05. The normalized spacial score (nSPS) is 20.8. The molecule has 0 radical (unpaired) electrons. The number of halogens is 3. The van der Waals surface area contributed by atoms with E-state index in [2.05, 4.69) is 5.32 Å². The number of rotatable bonds is 1. The fourth-order valence-electron chi connectivity index (χ4n) is 1.87. The van der Waals surface area contributed by atoms with Gasteiger partial charge in [0.1, 0.15) is 5.82 Å². The Kier molecular flexibility index (Phi) is 4.84. The summed E-state index contributed by atoms with van der Waals surface area (Å²) >= 11 is 5.73. The van der Waals surface area contributed by atoms with Crippen molar-refractivity contribution in [3.05, 3.63) is 34.6 Å². The summed E-state index contributed by atoms with van der Waals surface area (Å²) < 4.78 is 12.9. The molecule has 1 heterocycles. The van der Waals surface area contributed by atoms with Gasteiger partial charge in [0.25, 0.3) is 0 Å². The SMILES string of the molecule is Cl.Fc1ccc([C@@H]2CCCCN2)cc1Cl. The van der Waals surface area contributed by atoms with Crippen molar-refractivity contribution in [3.63, 3.8) is 0 Å². The van der Waals surface area contributed by atoms with Gasteiger partial charge < -0.3 is 5.32 Å². The zero-order chi connectivity index (χ0) is 9.97. The van der Waals surface area contributed by atoms with Crippen LogP contribution in [0.2, 0.25) is 5.02 Å². The maximum atomic E-state index is 12.9. The maximum absolute atomic E-state index is 12.9. The van der Waals surface area contributed by atoms with Gasteiger partial charge in [-0.1, -0.05) is 24.1 Å². The van der Waals surface area contributed by atoms with Gasteiger partial charge in [0.05, 0.1) is 5.02 Å². The largest absolute Gasteiger partial charge is 0.310 e. The van der Waals surface area contributed by atoms with E-state index in [-0.39, 0.29) is 23.2 Å². The highest BCUT2D eigenvalue weighted by atomic mass is 35.5. The smallest absolute Gasteiger partial charge is 0.141 e. The predicted octanol–water partition coefficient (Wildman–Crippen LogP) is 3.72. The number of hydrogen-bond acceptors (Lipinski definition) is 1. The molecule has 0 aromatic heterocycles. The molecule has 1 saturated heterocycles. The molecule has 1 fully saturated rings. The predicted molar refractivity (Wildman–Crippen MR) is 63.3 cm³/mol. The lowest BCUT2D eigenvalue weighted by molar-refractivity contribution is 0.412. The molecule has 4 heteroatoms. The zero-order valence-electron chi connectivity index (χ0n) is 8.30. The third kappa shape index (κ3) is 3.07. The maximum Gasteiger partial charge on any atom is 0.141 e. The van der Waals surface area contributed by atoms with Gasteiger partial charge in [0, 0.05) is 6.04 Å². The first-order chi connectivity index (χ1) is 6.77. The van der Waals surface area contributed by atoms with Crippen molar-refractivity contribution in [2.24, 2.45) is 0 Å². The summed E-state index contributed by atoms with van der Waals surface area (Å²) in [6.45, 7) is 1.04. The standard InChI is InChI=1S/C11H13ClFN.ClH/c12-9-7-8(4-5-10(9)13)11-3-1-2-6-14-11;/h4-5,7,11,14H,1-3,6H2;1H/t11-;/m0./s1. The van der Waals surface area contributed by atoms with E-state index in [0.29, 0.717) is 6.04 Å². The van der Waals surface area contributed by atoms with Gasteiger partial charge in [-0.25, -0.2) is 4.39 Å². The first kappa shape index (κ1) is 12.8. The number of hydrogen-bond donors (Lipinski definition) is 1. The van der Waals surface area contributed by atoms with Gasteiger partial charge in [-0.05, 0) is 37.1 Å². The fraction of sp³-hybridized carbons (Fsp3) is 0.455. The summed E-state index contributed by atoms with van der Waals surface area (Å²) in [7, 11) is 0. The minimum Gasteiger partial charge on any atom is -0.310 e. The second kappa shape index (κ2) is 5.69. The van der Waals surface area contributed by atoms with Gasteiger partial charge in [0.2, 0.25) is 0 Å². The van der Waals surface area contributed by atoms with Crippen LogP contribution in [0.1, 0.15) is 30.9 Å². The lowest BCUT2D eigenvalue weighted by Crippen LogP contribution is -2.26. The van der Waals surface area contributed by atoms with Crippen molar-refractivity contribution in [1.82, 2.24) is 5.32 Å². The van der Waals surface area contributed by atoms with E-state index in [0.717, 1.165) is 18.5 Å². The van der Waals surface area contributed by atoms with Crippen molar-refractivity contribution in [1.29, 1.82) is 0 Å². The molecule has 1 aliphatic heterocycles. The van der Waals surface area contributed by atoms with E-state index in [1.165, 1.54) is 18.9 Å². The van der Waals surface area contributed by atoms with E-state index >= 15 is 0 Å². The molecule has 0 spiro atoms. The summed E-state index contributed by atoms with van der Waals surface area (Å²) in [4.78, 5) is 0. The van der Waals surface area contributed by atoms with Crippen LogP contribution in [0, 0.1) is 5.82 Å². The first-order valence-electron chi connectivity index (χ1n) is 4.96. The van der Waals surface area contributed by atoms with Gasteiger partial charge >= 0.3 is 0 Å². The van der Waals surface area contributed by atoms with Gasteiger partial charge in [0.15, 0.2) is 0 Å². The van der Waals surface area contributed by atoms with Gasteiger partial charge in [-0.2, -0.15) is 0 Å². The van der Waals surface area contributed by atoms with Gasteiger partial charge in [-0.3, -0.25) is 0 Å². The van der Waals surface area contributed by atoms with E-state index in [4.69, 9.17) is 11.6 Å². The van der Waals surface area contributed by atoms with Crippen molar-refractivity contribution in [2.45, 2.75) is 25.3 Å². The molecule has 0 aliphatic carbocycles. The highest BCUT2D eigenvalue weighted by Gasteiger charge is 2.15. The average molecular weight is 250 g/mol. The third-order valence-corrected chi connectivity index (χ3v) is 2.95. The monoisotopic (exact) mass is 249 g/mol. The molecule has 0 amide bonds. The quantitative estimate of drug-likeness (QED) is 0.801. The molecule has 1 N–H and O–H groups in total. The lowest BCUT2D eigenvalue weighted by Gasteiger charge is -2.23. The Morgan fingerprint density at radius 3 is 2.73 bits per heavy atom. The highest BCUT2D eigenvalue weighted by molar-refractivity contribution is 6.30. The molecular weight excluding hydrogens is 236 g/mol. The van der Waals surface area contributed by atoms with E-state index < -0.39 is 0 Å². The second-order valence-corrected chi connectivity index (χ2v) is 4.08. The molecule has 1 aliphatic rings. The Morgan fingerprint density at radius 1 is 1.33 bits per heavy atom. The Bertz CT molecular complexity index is 324. The zero-order valence-corrected chi connectivity index (χ0v) is 9.87. The van der Waals surface area contributed by atoms with Crippen LogP contribution in [0.3, 0.4) is 0 Å². The minimum atomic E-state index is -0.341. The molecule has 0 bridgehead atoms. The molecule has 1 aromatic carbocycles. The van der Waals surface area contributed by atoms with Crippen LogP contribution in [0.15, 0.2) is 18.2 Å². The summed E-state index contributed by atoms with van der Waals surface area (Å²) in [6.07, 6.45) is 3.57. The van der Waals surface area contributed by atoms with Crippen molar-refractivity contribution >= 4 is 24.0 Å². The molecule has 0 saturated carbocycles. The Hall–Kier alpha value is -0.310. The van der Waals surface area contributed by atoms with E-state index in [1.54, 1.807) is 6.07 Å². The average Bonchev–Trinajstić information content (AvgIpc) is 2.23. The van der Waals surface area contributed by atoms with Crippen LogP contribution in [-0.2, 0) is 0 Å². The van der Waals surface area contributed by atoms with E-state index in [1.807, 2.05) is 6.07 Å². The molecule has 2 rings (SSSR count). The van der Waals surface area contributed by atoms with Crippen molar-refractivity contribution < 1.29 is 4.39 Å². The molecule has 1 aromatic rings. The summed E-state index contributed by atoms with van der Waals surface area (Å²) in [5.74, 6) is -0.341. The third-order valence-electron chi connectivity index (χ3n) is 2.66. The number of piperidine rings is 1.